The molecule has 0 radical (unpaired) electrons. The van der Waals surface area contributed by atoms with E-state index in [9.17, 15) is 29.8 Å². The average molecular weight is 401 g/mol. The molecule has 2 aromatic rings. The summed E-state index contributed by atoms with van der Waals surface area (Å²) in [5.74, 6) is -1.26. The van der Waals surface area contributed by atoms with Crippen molar-refractivity contribution in [2.24, 2.45) is 0 Å². The van der Waals surface area contributed by atoms with E-state index in [0.717, 1.165) is 6.07 Å². The van der Waals surface area contributed by atoms with E-state index >= 15 is 0 Å². The highest BCUT2D eigenvalue weighted by Gasteiger charge is 2.23. The Labute approximate surface area is 165 Å². The topological polar surface area (TPSA) is 142 Å². The van der Waals surface area contributed by atoms with Gasteiger partial charge in [0.05, 0.1) is 28.9 Å². The highest BCUT2D eigenvalue weighted by Crippen LogP contribution is 2.24. The third kappa shape index (κ3) is 5.58. The smallest absolute Gasteiger partial charge is 0.308 e. The number of nitrogens with zero attached hydrogens (tertiary/aromatic N) is 2. The van der Waals surface area contributed by atoms with Gasteiger partial charge in [0.1, 0.15) is 0 Å². The van der Waals surface area contributed by atoms with Crippen LogP contribution in [0, 0.1) is 27.2 Å². The molecule has 0 aliphatic heterocycles. The molecule has 0 aliphatic carbocycles. The van der Waals surface area contributed by atoms with E-state index in [0.29, 0.717) is 11.1 Å². The van der Waals surface area contributed by atoms with Crippen LogP contribution >= 0.6 is 0 Å². The first-order chi connectivity index (χ1) is 13.7. The number of hydrogen-bond acceptors (Lipinski definition) is 7. The quantitative estimate of drug-likeness (QED) is 0.406. The predicted octanol–water partition coefficient (Wildman–Crippen LogP) is 3.24. The van der Waals surface area contributed by atoms with E-state index in [1.54, 1.807) is 13.8 Å². The van der Waals surface area contributed by atoms with Crippen LogP contribution in [0.1, 0.15) is 40.9 Å². The molecule has 2 aromatic carbocycles. The molecule has 0 unspecified atom stereocenters. The normalized spacial score (nSPS) is 11.4. The van der Waals surface area contributed by atoms with Crippen molar-refractivity contribution in [1.82, 2.24) is 5.32 Å². The molecule has 0 saturated heterocycles. The number of ether oxygens (including phenoxy) is 1. The van der Waals surface area contributed by atoms with Crippen LogP contribution in [0.4, 0.5) is 11.4 Å². The van der Waals surface area contributed by atoms with Crippen LogP contribution in [0.25, 0.3) is 0 Å². The Hall–Kier alpha value is -3.82. The molecule has 0 aliphatic rings. The highest BCUT2D eigenvalue weighted by atomic mass is 16.6. The van der Waals surface area contributed by atoms with Gasteiger partial charge >= 0.3 is 5.97 Å². The number of aryl methyl sites for hydroxylation is 1. The van der Waals surface area contributed by atoms with E-state index in [4.69, 9.17) is 4.74 Å². The minimum atomic E-state index is -0.915. The zero-order chi connectivity index (χ0) is 21.6. The average Bonchev–Trinajstić information content (AvgIpc) is 2.67. The summed E-state index contributed by atoms with van der Waals surface area (Å²) in [4.78, 5) is 45.6. The molecule has 10 heteroatoms. The molecule has 0 spiro atoms. The van der Waals surface area contributed by atoms with Crippen LogP contribution in [0.2, 0.25) is 0 Å². The molecule has 0 saturated carbocycles. The number of amides is 1. The summed E-state index contributed by atoms with van der Waals surface area (Å²) in [6.07, 6.45) is -0.255. The predicted molar refractivity (Wildman–Crippen MR) is 102 cm³/mol. The van der Waals surface area contributed by atoms with Gasteiger partial charge in [-0.15, -0.1) is 0 Å². The molecule has 0 bridgehead atoms. The lowest BCUT2D eigenvalue weighted by atomic mass is 10.0. The van der Waals surface area contributed by atoms with Crippen molar-refractivity contribution in [2.45, 2.75) is 26.3 Å². The van der Waals surface area contributed by atoms with E-state index < -0.39 is 27.8 Å². The first-order valence-corrected chi connectivity index (χ1v) is 8.68. The van der Waals surface area contributed by atoms with Crippen LogP contribution in [0.15, 0.2) is 42.5 Å². The lowest BCUT2D eigenvalue weighted by molar-refractivity contribution is -0.385. The Morgan fingerprint density at radius 1 is 1.10 bits per heavy atom. The molecule has 152 valence electrons. The standard InChI is InChI=1S/C19H19N3O7/c1-3-29-18(23)11-16(13-5-4-6-15(9-13)21(25)26)20-19(24)14-8-7-12(2)17(10-14)22(27)28/h4-10,16H,3,11H2,1-2H3,(H,20,24)/t16-/m0/s1. The Balaban J connectivity index is 2.34. The van der Waals surface area contributed by atoms with E-state index in [2.05, 4.69) is 5.32 Å². The fraction of sp³-hybridized carbons (Fsp3) is 0.263. The summed E-state index contributed by atoms with van der Waals surface area (Å²) in [6, 6.07) is 8.61. The van der Waals surface area contributed by atoms with Crippen molar-refractivity contribution in [1.29, 1.82) is 0 Å². The molecular formula is C19H19N3O7. The van der Waals surface area contributed by atoms with Gasteiger partial charge in [-0.05, 0) is 25.5 Å². The minimum absolute atomic E-state index is 0.0292. The van der Waals surface area contributed by atoms with Crippen molar-refractivity contribution in [3.05, 3.63) is 79.4 Å². The van der Waals surface area contributed by atoms with Gasteiger partial charge in [0.25, 0.3) is 17.3 Å². The van der Waals surface area contributed by atoms with Gasteiger partial charge < -0.3 is 10.1 Å². The van der Waals surface area contributed by atoms with Crippen LogP contribution < -0.4 is 5.32 Å². The summed E-state index contributed by atoms with van der Waals surface area (Å²) < 4.78 is 4.91. The molecule has 0 heterocycles. The lowest BCUT2D eigenvalue weighted by Gasteiger charge is -2.18. The third-order valence-corrected chi connectivity index (χ3v) is 4.13. The number of carbonyl (C=O) groups is 2. The molecule has 0 aromatic heterocycles. The van der Waals surface area contributed by atoms with Crippen LogP contribution in [-0.2, 0) is 9.53 Å². The summed E-state index contributed by atoms with van der Waals surface area (Å²) in [5.41, 5.74) is 0.351. The number of hydrogen-bond donors (Lipinski definition) is 1. The monoisotopic (exact) mass is 401 g/mol. The number of non-ortho nitro benzene ring substituents is 1. The molecule has 1 amide bonds. The maximum atomic E-state index is 12.7. The van der Waals surface area contributed by atoms with Crippen molar-refractivity contribution in [2.75, 3.05) is 6.61 Å². The van der Waals surface area contributed by atoms with Crippen LogP contribution in [0.5, 0.6) is 0 Å². The van der Waals surface area contributed by atoms with Gasteiger partial charge in [-0.3, -0.25) is 29.8 Å². The second-order valence-electron chi connectivity index (χ2n) is 6.15. The van der Waals surface area contributed by atoms with Gasteiger partial charge in [-0.2, -0.15) is 0 Å². The highest BCUT2D eigenvalue weighted by molar-refractivity contribution is 5.95. The Bertz CT molecular complexity index is 959. The summed E-state index contributed by atoms with van der Waals surface area (Å²) >= 11 is 0. The van der Waals surface area contributed by atoms with Gasteiger partial charge in [-0.1, -0.05) is 18.2 Å². The van der Waals surface area contributed by atoms with Gasteiger partial charge in [-0.25, -0.2) is 0 Å². The molecule has 10 nitrogen and oxygen atoms in total. The largest absolute Gasteiger partial charge is 0.466 e. The molecule has 2 rings (SSSR count). The fourth-order valence-corrected chi connectivity index (χ4v) is 2.68. The van der Waals surface area contributed by atoms with Crippen LogP contribution in [0.3, 0.4) is 0 Å². The van der Waals surface area contributed by atoms with Gasteiger partial charge in [0.15, 0.2) is 0 Å². The molecule has 1 atom stereocenters. The van der Waals surface area contributed by atoms with Crippen molar-refractivity contribution in [3.8, 4) is 0 Å². The zero-order valence-electron chi connectivity index (χ0n) is 15.8. The molecular weight excluding hydrogens is 382 g/mol. The molecule has 1 N–H and O–H groups in total. The second-order valence-corrected chi connectivity index (χ2v) is 6.15. The first kappa shape index (κ1) is 21.5. The number of benzene rings is 2. The Morgan fingerprint density at radius 2 is 1.83 bits per heavy atom. The first-order valence-electron chi connectivity index (χ1n) is 8.68. The number of nitrogens with one attached hydrogen (secondary N) is 1. The number of nitro groups is 2. The molecule has 0 fully saturated rings. The zero-order valence-corrected chi connectivity index (χ0v) is 15.8. The SMILES string of the molecule is CCOC(=O)C[C@H](NC(=O)c1ccc(C)c([N+](=O)[O-])c1)c1cccc([N+](=O)[O-])c1. The summed E-state index contributed by atoms with van der Waals surface area (Å²) in [7, 11) is 0. The molecule has 29 heavy (non-hydrogen) atoms. The van der Waals surface area contributed by atoms with Crippen molar-refractivity contribution < 1.29 is 24.2 Å². The minimum Gasteiger partial charge on any atom is -0.466 e. The fourth-order valence-electron chi connectivity index (χ4n) is 2.68. The number of carbonyl (C=O) groups excluding carboxylic acids is 2. The third-order valence-electron chi connectivity index (χ3n) is 4.13. The number of rotatable bonds is 8. The van der Waals surface area contributed by atoms with Crippen molar-refractivity contribution in [3.63, 3.8) is 0 Å². The Kier molecular flexibility index (Phi) is 6.96. The van der Waals surface area contributed by atoms with E-state index in [1.165, 1.54) is 36.4 Å². The van der Waals surface area contributed by atoms with E-state index in [1.807, 2.05) is 0 Å². The van der Waals surface area contributed by atoms with Gasteiger partial charge in [0, 0.05) is 29.3 Å². The summed E-state index contributed by atoms with van der Waals surface area (Å²) in [6.45, 7) is 3.31. The van der Waals surface area contributed by atoms with E-state index in [-0.39, 0.29) is 30.0 Å². The maximum absolute atomic E-state index is 12.7. The summed E-state index contributed by atoms with van der Waals surface area (Å²) in [5, 5.41) is 24.8. The lowest BCUT2D eigenvalue weighted by Crippen LogP contribution is -2.30. The number of nitro benzene ring substituents is 2. The van der Waals surface area contributed by atoms with Gasteiger partial charge in [0.2, 0.25) is 0 Å². The van der Waals surface area contributed by atoms with Crippen molar-refractivity contribution >= 4 is 23.3 Å². The number of esters is 1. The van der Waals surface area contributed by atoms with Crippen LogP contribution in [-0.4, -0.2) is 28.3 Å². The second kappa shape index (κ2) is 9.40. The maximum Gasteiger partial charge on any atom is 0.308 e. The Morgan fingerprint density at radius 3 is 2.45 bits per heavy atom.